The topological polar surface area (TPSA) is 0 Å². The standard InChI is InChI=1S/C20H18/c1-2-3-4-5-14-20-18-12-8-6-10-16(18)15-17-11-7-9-13-19(17)20/h1,6-13,15H,3-5,14H2. The summed E-state index contributed by atoms with van der Waals surface area (Å²) in [5, 5.41) is 5.43. The van der Waals surface area contributed by atoms with Gasteiger partial charge in [-0.25, -0.2) is 0 Å². The smallest absolute Gasteiger partial charge is 0.00861 e. The van der Waals surface area contributed by atoms with Gasteiger partial charge in [0.05, 0.1) is 0 Å². The van der Waals surface area contributed by atoms with Gasteiger partial charge >= 0.3 is 0 Å². The number of fused-ring (bicyclic) bond motifs is 2. The van der Waals surface area contributed by atoms with Gasteiger partial charge in [0.1, 0.15) is 0 Å². The summed E-state index contributed by atoms with van der Waals surface area (Å²) in [4.78, 5) is 0. The molecule has 20 heavy (non-hydrogen) atoms. The van der Waals surface area contributed by atoms with Crippen LogP contribution in [0, 0.1) is 12.3 Å². The zero-order valence-electron chi connectivity index (χ0n) is 11.6. The number of unbranched alkanes of at least 4 members (excludes halogenated alkanes) is 2. The van der Waals surface area contributed by atoms with Crippen molar-refractivity contribution in [2.75, 3.05) is 0 Å². The highest BCUT2D eigenvalue weighted by molar-refractivity contribution is 6.02. The van der Waals surface area contributed by atoms with E-state index >= 15 is 0 Å². The fourth-order valence-corrected chi connectivity index (χ4v) is 2.91. The second-order valence-corrected chi connectivity index (χ2v) is 5.21. The SMILES string of the molecule is C#CCCCCc1c2ccccc2cc2ccccc12. The van der Waals surface area contributed by atoms with Crippen molar-refractivity contribution in [2.45, 2.75) is 25.7 Å². The fourth-order valence-electron chi connectivity index (χ4n) is 2.91. The Bertz CT molecular complexity index is 721. The molecule has 0 aliphatic rings. The molecular weight excluding hydrogens is 240 g/mol. The summed E-state index contributed by atoms with van der Waals surface area (Å²) in [6.07, 6.45) is 9.58. The van der Waals surface area contributed by atoms with Crippen LogP contribution in [0.15, 0.2) is 54.6 Å². The van der Waals surface area contributed by atoms with Crippen molar-refractivity contribution in [1.29, 1.82) is 0 Å². The Balaban J connectivity index is 2.10. The molecule has 98 valence electrons. The number of aryl methyl sites for hydroxylation is 1. The van der Waals surface area contributed by atoms with Gasteiger partial charge in [0, 0.05) is 6.42 Å². The van der Waals surface area contributed by atoms with Crippen LogP contribution in [-0.4, -0.2) is 0 Å². The molecular formula is C20H18. The number of rotatable bonds is 4. The van der Waals surface area contributed by atoms with Crippen LogP contribution in [0.3, 0.4) is 0 Å². The van der Waals surface area contributed by atoms with Crippen LogP contribution in [0.2, 0.25) is 0 Å². The van der Waals surface area contributed by atoms with Gasteiger partial charge in [-0.2, -0.15) is 0 Å². The molecule has 0 amide bonds. The number of hydrogen-bond acceptors (Lipinski definition) is 0. The molecule has 0 nitrogen and oxygen atoms in total. The molecule has 0 aliphatic heterocycles. The minimum atomic E-state index is 0.878. The van der Waals surface area contributed by atoms with Gasteiger partial charge in [-0.1, -0.05) is 48.5 Å². The average Bonchev–Trinajstić information content (AvgIpc) is 2.50. The first-order valence-electron chi connectivity index (χ1n) is 7.23. The third kappa shape index (κ3) is 2.40. The monoisotopic (exact) mass is 258 g/mol. The first kappa shape index (κ1) is 12.8. The van der Waals surface area contributed by atoms with E-state index in [4.69, 9.17) is 6.42 Å². The van der Waals surface area contributed by atoms with E-state index in [-0.39, 0.29) is 0 Å². The average molecular weight is 258 g/mol. The van der Waals surface area contributed by atoms with Gasteiger partial charge in [-0.05, 0) is 52.4 Å². The van der Waals surface area contributed by atoms with Gasteiger partial charge in [0.2, 0.25) is 0 Å². The van der Waals surface area contributed by atoms with Crippen LogP contribution in [0.4, 0.5) is 0 Å². The summed E-state index contributed by atoms with van der Waals surface area (Å²) in [6.45, 7) is 0. The predicted molar refractivity (Wildman–Crippen MR) is 87.8 cm³/mol. The molecule has 3 aromatic carbocycles. The van der Waals surface area contributed by atoms with Crippen molar-refractivity contribution in [3.05, 3.63) is 60.2 Å². The third-order valence-electron chi connectivity index (χ3n) is 3.88. The Morgan fingerprint density at radius 1 is 0.800 bits per heavy atom. The third-order valence-corrected chi connectivity index (χ3v) is 3.88. The highest BCUT2D eigenvalue weighted by Crippen LogP contribution is 2.29. The van der Waals surface area contributed by atoms with E-state index in [0.717, 1.165) is 25.7 Å². The molecule has 0 bridgehead atoms. The van der Waals surface area contributed by atoms with Crippen molar-refractivity contribution >= 4 is 21.5 Å². The molecule has 0 heterocycles. The quantitative estimate of drug-likeness (QED) is 0.336. The Kier molecular flexibility index (Phi) is 3.70. The Labute approximate surface area is 120 Å². The summed E-state index contributed by atoms with van der Waals surface area (Å²) in [5.74, 6) is 2.73. The largest absolute Gasteiger partial charge is 0.120 e. The number of terminal acetylenes is 1. The van der Waals surface area contributed by atoms with Crippen molar-refractivity contribution in [3.8, 4) is 12.3 Å². The summed E-state index contributed by atoms with van der Waals surface area (Å²) in [6, 6.07) is 19.6. The fraction of sp³-hybridized carbons (Fsp3) is 0.200. The lowest BCUT2D eigenvalue weighted by atomic mass is 9.93. The highest BCUT2D eigenvalue weighted by atomic mass is 14.1. The van der Waals surface area contributed by atoms with Crippen LogP contribution in [-0.2, 0) is 6.42 Å². The van der Waals surface area contributed by atoms with Crippen LogP contribution >= 0.6 is 0 Å². The lowest BCUT2D eigenvalue weighted by molar-refractivity contribution is 0.762. The van der Waals surface area contributed by atoms with E-state index in [1.807, 2.05) is 0 Å². The molecule has 0 unspecified atom stereocenters. The Morgan fingerprint density at radius 2 is 1.40 bits per heavy atom. The molecule has 0 aromatic heterocycles. The minimum absolute atomic E-state index is 0.878. The van der Waals surface area contributed by atoms with E-state index in [2.05, 4.69) is 60.5 Å². The molecule has 0 fully saturated rings. The van der Waals surface area contributed by atoms with Gasteiger partial charge < -0.3 is 0 Å². The van der Waals surface area contributed by atoms with Crippen LogP contribution in [0.25, 0.3) is 21.5 Å². The second-order valence-electron chi connectivity index (χ2n) is 5.21. The molecule has 0 saturated carbocycles. The molecule has 0 saturated heterocycles. The maximum absolute atomic E-state index is 5.34. The zero-order chi connectivity index (χ0) is 13.8. The van der Waals surface area contributed by atoms with Gasteiger partial charge in [-0.15, -0.1) is 12.3 Å². The second kappa shape index (κ2) is 5.80. The van der Waals surface area contributed by atoms with Gasteiger partial charge in [0.15, 0.2) is 0 Å². The first-order valence-corrected chi connectivity index (χ1v) is 7.23. The van der Waals surface area contributed by atoms with Crippen LogP contribution in [0.1, 0.15) is 24.8 Å². The summed E-state index contributed by atoms with van der Waals surface area (Å²) in [7, 11) is 0. The summed E-state index contributed by atoms with van der Waals surface area (Å²) < 4.78 is 0. The van der Waals surface area contributed by atoms with E-state index in [1.165, 1.54) is 27.1 Å². The molecule has 3 rings (SSSR count). The van der Waals surface area contributed by atoms with E-state index in [0.29, 0.717) is 0 Å². The number of benzene rings is 3. The summed E-state index contributed by atoms with van der Waals surface area (Å²) in [5.41, 5.74) is 1.47. The molecule has 0 N–H and O–H groups in total. The molecule has 0 aliphatic carbocycles. The van der Waals surface area contributed by atoms with Crippen LogP contribution in [0.5, 0.6) is 0 Å². The number of hydrogen-bond donors (Lipinski definition) is 0. The lowest BCUT2D eigenvalue weighted by Crippen LogP contribution is -1.91. The Hall–Kier alpha value is -2.26. The van der Waals surface area contributed by atoms with Gasteiger partial charge in [-0.3, -0.25) is 0 Å². The minimum Gasteiger partial charge on any atom is -0.120 e. The molecule has 0 spiro atoms. The zero-order valence-corrected chi connectivity index (χ0v) is 11.6. The molecule has 3 aromatic rings. The van der Waals surface area contributed by atoms with Crippen molar-refractivity contribution in [1.82, 2.24) is 0 Å². The van der Waals surface area contributed by atoms with E-state index in [1.54, 1.807) is 0 Å². The Morgan fingerprint density at radius 3 is 2.00 bits per heavy atom. The van der Waals surface area contributed by atoms with Crippen molar-refractivity contribution in [3.63, 3.8) is 0 Å². The van der Waals surface area contributed by atoms with Crippen molar-refractivity contribution in [2.24, 2.45) is 0 Å². The molecule has 0 radical (unpaired) electrons. The van der Waals surface area contributed by atoms with Gasteiger partial charge in [0.25, 0.3) is 0 Å². The molecule has 0 heteroatoms. The maximum Gasteiger partial charge on any atom is 0.00861 e. The maximum atomic E-state index is 5.34. The normalized spacial score (nSPS) is 10.8. The van der Waals surface area contributed by atoms with Crippen molar-refractivity contribution < 1.29 is 0 Å². The lowest BCUT2D eigenvalue weighted by Gasteiger charge is -2.11. The highest BCUT2D eigenvalue weighted by Gasteiger charge is 2.06. The van der Waals surface area contributed by atoms with E-state index in [9.17, 15) is 0 Å². The first-order chi connectivity index (χ1) is 9.90. The molecule has 0 atom stereocenters. The predicted octanol–water partition coefficient (Wildman–Crippen LogP) is 5.34. The van der Waals surface area contributed by atoms with E-state index < -0.39 is 0 Å². The van der Waals surface area contributed by atoms with Crippen LogP contribution < -0.4 is 0 Å². The summed E-state index contributed by atoms with van der Waals surface area (Å²) >= 11 is 0.